The van der Waals surface area contributed by atoms with E-state index >= 15 is 0 Å². The number of nitrogens with zero attached hydrogens (tertiary/aromatic N) is 1. The molecule has 1 aromatic carbocycles. The molecule has 1 amide bonds. The predicted octanol–water partition coefficient (Wildman–Crippen LogP) is 3.49. The number of carboxylic acid groups (broad SMARTS) is 1. The molecule has 0 saturated heterocycles. The van der Waals surface area contributed by atoms with Crippen molar-refractivity contribution in [2.45, 2.75) is 19.4 Å². The summed E-state index contributed by atoms with van der Waals surface area (Å²) in [7, 11) is 1.47. The molecule has 2 aromatic rings. The summed E-state index contributed by atoms with van der Waals surface area (Å²) in [5, 5.41) is 10.4. The van der Waals surface area contributed by atoms with E-state index in [0.717, 1.165) is 10.1 Å². The molecule has 0 fully saturated rings. The number of benzene rings is 1. The largest absolute Gasteiger partial charge is 0.480 e. The second-order valence-corrected chi connectivity index (χ2v) is 6.40. The Morgan fingerprint density at radius 1 is 1.30 bits per heavy atom. The number of aliphatic carboxylic acids is 1. The minimum absolute atomic E-state index is 0.365. The highest BCUT2D eigenvalue weighted by Crippen LogP contribution is 2.36. The van der Waals surface area contributed by atoms with Crippen LogP contribution in [-0.2, 0) is 4.79 Å². The number of carbonyl (C=O) groups excluding carboxylic acids is 1. The molecule has 6 heteroatoms. The number of halogens is 1. The Kier molecular flexibility index (Phi) is 3.75. The average molecular weight is 312 g/mol. The van der Waals surface area contributed by atoms with Crippen LogP contribution in [0.15, 0.2) is 24.3 Å². The lowest BCUT2D eigenvalue weighted by Crippen LogP contribution is -2.50. The van der Waals surface area contributed by atoms with Crippen LogP contribution >= 0.6 is 22.9 Å². The van der Waals surface area contributed by atoms with Gasteiger partial charge in [-0.2, -0.15) is 0 Å². The number of hydrogen-bond donors (Lipinski definition) is 1. The van der Waals surface area contributed by atoms with Crippen molar-refractivity contribution in [1.29, 1.82) is 0 Å². The van der Waals surface area contributed by atoms with Crippen molar-refractivity contribution in [3.8, 4) is 0 Å². The van der Waals surface area contributed by atoms with Gasteiger partial charge in [0.25, 0.3) is 5.91 Å². The summed E-state index contributed by atoms with van der Waals surface area (Å²) >= 11 is 7.51. The first-order chi connectivity index (χ1) is 9.26. The number of hydrogen-bond acceptors (Lipinski definition) is 3. The van der Waals surface area contributed by atoms with Gasteiger partial charge in [0.1, 0.15) is 10.4 Å². The second-order valence-electron chi connectivity index (χ2n) is 4.97. The van der Waals surface area contributed by atoms with E-state index in [1.807, 2.05) is 24.3 Å². The third-order valence-corrected chi connectivity index (χ3v) is 5.06. The van der Waals surface area contributed by atoms with Gasteiger partial charge in [0.15, 0.2) is 0 Å². The highest BCUT2D eigenvalue weighted by Gasteiger charge is 2.36. The summed E-state index contributed by atoms with van der Waals surface area (Å²) in [6.45, 7) is 2.96. The number of carbonyl (C=O) groups is 2. The van der Waals surface area contributed by atoms with E-state index < -0.39 is 11.5 Å². The van der Waals surface area contributed by atoms with Crippen molar-refractivity contribution in [1.82, 2.24) is 4.90 Å². The van der Waals surface area contributed by atoms with Gasteiger partial charge in [0, 0.05) is 17.1 Å². The number of rotatable bonds is 3. The molecular weight excluding hydrogens is 298 g/mol. The fourth-order valence-corrected chi connectivity index (χ4v) is 3.19. The maximum atomic E-state index is 12.5. The Hall–Kier alpha value is -1.59. The van der Waals surface area contributed by atoms with Gasteiger partial charge in [-0.15, -0.1) is 11.3 Å². The number of likely N-dealkylation sites (N-methyl/N-ethyl adjacent to an activating group) is 1. The second kappa shape index (κ2) is 5.07. The third-order valence-electron chi connectivity index (χ3n) is 3.40. The summed E-state index contributed by atoms with van der Waals surface area (Å²) in [6.07, 6.45) is 0. The maximum Gasteiger partial charge on any atom is 0.329 e. The summed E-state index contributed by atoms with van der Waals surface area (Å²) in [5.74, 6) is -1.45. The molecule has 0 atom stereocenters. The molecule has 0 aliphatic heterocycles. The molecule has 0 saturated carbocycles. The summed E-state index contributed by atoms with van der Waals surface area (Å²) in [5.41, 5.74) is -1.30. The van der Waals surface area contributed by atoms with Crippen LogP contribution in [0.25, 0.3) is 10.1 Å². The maximum absolute atomic E-state index is 12.5. The van der Waals surface area contributed by atoms with Gasteiger partial charge < -0.3 is 10.0 Å². The normalized spacial score (nSPS) is 11.6. The number of amides is 1. The standard InChI is InChI=1S/C14H14ClNO3S/c1-14(2,13(18)19)16(3)12(17)11-10(15)8-6-4-5-7-9(8)20-11/h4-7H,1-3H3,(H,18,19). The SMILES string of the molecule is CN(C(=O)c1sc2ccccc2c1Cl)C(C)(C)C(=O)O. The third kappa shape index (κ3) is 2.27. The topological polar surface area (TPSA) is 57.6 Å². The molecule has 0 bridgehead atoms. The lowest BCUT2D eigenvalue weighted by atomic mass is 10.0. The van der Waals surface area contributed by atoms with Gasteiger partial charge in [0.2, 0.25) is 0 Å². The monoisotopic (exact) mass is 311 g/mol. The highest BCUT2D eigenvalue weighted by molar-refractivity contribution is 7.21. The lowest BCUT2D eigenvalue weighted by molar-refractivity contribution is -0.147. The van der Waals surface area contributed by atoms with Crippen LogP contribution in [0.1, 0.15) is 23.5 Å². The molecule has 2 rings (SSSR count). The Balaban J connectivity index is 2.46. The molecule has 1 aromatic heterocycles. The molecule has 0 radical (unpaired) electrons. The van der Waals surface area contributed by atoms with Gasteiger partial charge in [0.05, 0.1) is 5.02 Å². The average Bonchev–Trinajstić information content (AvgIpc) is 2.75. The fraction of sp³-hybridized carbons (Fsp3) is 0.286. The Morgan fingerprint density at radius 2 is 1.90 bits per heavy atom. The van der Waals surface area contributed by atoms with Crippen LogP contribution in [0.2, 0.25) is 5.02 Å². The van der Waals surface area contributed by atoms with E-state index in [0.29, 0.717) is 9.90 Å². The molecule has 4 nitrogen and oxygen atoms in total. The van der Waals surface area contributed by atoms with Gasteiger partial charge in [-0.1, -0.05) is 29.8 Å². The van der Waals surface area contributed by atoms with Crippen LogP contribution in [0, 0.1) is 0 Å². The van der Waals surface area contributed by atoms with Crippen molar-refractivity contribution in [3.05, 3.63) is 34.2 Å². The molecule has 0 spiro atoms. The zero-order valence-electron chi connectivity index (χ0n) is 11.3. The van der Waals surface area contributed by atoms with E-state index in [9.17, 15) is 14.7 Å². The highest BCUT2D eigenvalue weighted by atomic mass is 35.5. The number of carboxylic acids is 1. The van der Waals surface area contributed by atoms with Crippen molar-refractivity contribution in [3.63, 3.8) is 0 Å². The van der Waals surface area contributed by atoms with E-state index in [4.69, 9.17) is 11.6 Å². The molecule has 20 heavy (non-hydrogen) atoms. The van der Waals surface area contributed by atoms with Gasteiger partial charge in [-0.3, -0.25) is 4.79 Å². The Morgan fingerprint density at radius 3 is 2.45 bits per heavy atom. The van der Waals surface area contributed by atoms with Gasteiger partial charge in [-0.25, -0.2) is 4.79 Å². The first kappa shape index (κ1) is 14.8. The summed E-state index contributed by atoms with van der Waals surface area (Å²) in [4.78, 5) is 25.3. The van der Waals surface area contributed by atoms with E-state index in [2.05, 4.69) is 0 Å². The van der Waals surface area contributed by atoms with Crippen molar-refractivity contribution in [2.24, 2.45) is 0 Å². The molecule has 0 aliphatic carbocycles. The van der Waals surface area contributed by atoms with Crippen LogP contribution < -0.4 is 0 Å². The Bertz CT molecular complexity index is 693. The molecule has 0 unspecified atom stereocenters. The summed E-state index contributed by atoms with van der Waals surface area (Å²) < 4.78 is 0.905. The fourth-order valence-electron chi connectivity index (χ4n) is 1.70. The van der Waals surface area contributed by atoms with Crippen LogP contribution in [-0.4, -0.2) is 34.5 Å². The van der Waals surface area contributed by atoms with Gasteiger partial charge >= 0.3 is 5.97 Å². The molecule has 0 aliphatic rings. The lowest BCUT2D eigenvalue weighted by Gasteiger charge is -2.31. The minimum atomic E-state index is -1.30. The molecular formula is C14H14ClNO3S. The van der Waals surface area contributed by atoms with E-state index in [-0.39, 0.29) is 5.91 Å². The smallest absolute Gasteiger partial charge is 0.329 e. The van der Waals surface area contributed by atoms with E-state index in [1.165, 1.54) is 37.1 Å². The van der Waals surface area contributed by atoms with Crippen molar-refractivity contribution in [2.75, 3.05) is 7.05 Å². The Labute approximate surface area is 125 Å². The van der Waals surface area contributed by atoms with Crippen molar-refractivity contribution >= 4 is 44.9 Å². The zero-order chi connectivity index (χ0) is 15.1. The minimum Gasteiger partial charge on any atom is -0.480 e. The molecule has 1 N–H and O–H groups in total. The zero-order valence-corrected chi connectivity index (χ0v) is 12.9. The predicted molar refractivity (Wildman–Crippen MR) is 80.6 cm³/mol. The molecule has 106 valence electrons. The van der Waals surface area contributed by atoms with E-state index in [1.54, 1.807) is 0 Å². The van der Waals surface area contributed by atoms with Crippen molar-refractivity contribution < 1.29 is 14.7 Å². The van der Waals surface area contributed by atoms with Crippen LogP contribution in [0.3, 0.4) is 0 Å². The van der Waals surface area contributed by atoms with Gasteiger partial charge in [-0.05, 0) is 19.9 Å². The molecule has 1 heterocycles. The number of fused-ring (bicyclic) bond motifs is 1. The first-order valence-electron chi connectivity index (χ1n) is 5.95. The summed E-state index contributed by atoms with van der Waals surface area (Å²) in [6, 6.07) is 7.44. The van der Waals surface area contributed by atoms with Crippen LogP contribution in [0.5, 0.6) is 0 Å². The number of thiophene rings is 1. The quantitative estimate of drug-likeness (QED) is 0.944. The first-order valence-corrected chi connectivity index (χ1v) is 7.15. The van der Waals surface area contributed by atoms with Crippen LogP contribution in [0.4, 0.5) is 0 Å².